The van der Waals surface area contributed by atoms with Crippen molar-refractivity contribution in [3.05, 3.63) is 29.8 Å². The van der Waals surface area contributed by atoms with Crippen LogP contribution in [0.15, 0.2) is 24.3 Å². The van der Waals surface area contributed by atoms with Crippen LogP contribution in [0.2, 0.25) is 0 Å². The molecule has 2 heterocycles. The molecule has 0 spiro atoms. The van der Waals surface area contributed by atoms with Crippen LogP contribution < -0.4 is 4.90 Å². The van der Waals surface area contributed by atoms with Crippen LogP contribution in [0.5, 0.6) is 0 Å². The summed E-state index contributed by atoms with van der Waals surface area (Å²) in [4.78, 5) is 28.0. The minimum Gasteiger partial charge on any atom is -0.345 e. The van der Waals surface area contributed by atoms with Crippen molar-refractivity contribution in [2.45, 2.75) is 25.7 Å². The Morgan fingerprint density at radius 2 is 2.05 bits per heavy atom. The number of anilines is 1. The predicted octanol–water partition coefficient (Wildman–Crippen LogP) is 1.83. The number of amides is 2. The van der Waals surface area contributed by atoms with Crippen LogP contribution in [0.4, 0.5) is 5.69 Å². The van der Waals surface area contributed by atoms with Gasteiger partial charge in [0.25, 0.3) is 0 Å². The SMILES string of the molecule is CN1C[C@@H](C(=O)N2CCCCc3ccccc32)CC1=O. The summed E-state index contributed by atoms with van der Waals surface area (Å²) >= 11 is 0. The Bertz CT molecular complexity index is 541. The van der Waals surface area contributed by atoms with Crippen molar-refractivity contribution in [3.8, 4) is 0 Å². The number of nitrogens with zero attached hydrogens (tertiary/aromatic N) is 2. The molecule has 106 valence electrons. The summed E-state index contributed by atoms with van der Waals surface area (Å²) in [5.41, 5.74) is 2.29. The Hall–Kier alpha value is -1.84. The zero-order chi connectivity index (χ0) is 14.1. The van der Waals surface area contributed by atoms with Gasteiger partial charge in [-0.15, -0.1) is 0 Å². The smallest absolute Gasteiger partial charge is 0.232 e. The zero-order valence-electron chi connectivity index (χ0n) is 11.8. The Morgan fingerprint density at radius 3 is 2.80 bits per heavy atom. The first-order valence-electron chi connectivity index (χ1n) is 7.30. The highest BCUT2D eigenvalue weighted by Gasteiger charge is 2.35. The van der Waals surface area contributed by atoms with Crippen molar-refractivity contribution in [1.29, 1.82) is 0 Å². The van der Waals surface area contributed by atoms with E-state index >= 15 is 0 Å². The molecule has 1 aromatic rings. The monoisotopic (exact) mass is 272 g/mol. The molecule has 4 heteroatoms. The quantitative estimate of drug-likeness (QED) is 0.782. The maximum atomic E-state index is 12.8. The number of para-hydroxylation sites is 1. The summed E-state index contributed by atoms with van der Waals surface area (Å²) in [6, 6.07) is 8.14. The van der Waals surface area contributed by atoms with E-state index in [1.807, 2.05) is 23.1 Å². The average molecular weight is 272 g/mol. The van der Waals surface area contributed by atoms with Crippen LogP contribution in [0.3, 0.4) is 0 Å². The molecule has 2 aliphatic heterocycles. The van der Waals surface area contributed by atoms with Gasteiger partial charge in [0, 0.05) is 32.2 Å². The van der Waals surface area contributed by atoms with E-state index in [2.05, 4.69) is 6.07 Å². The topological polar surface area (TPSA) is 40.6 Å². The highest BCUT2D eigenvalue weighted by molar-refractivity contribution is 5.99. The lowest BCUT2D eigenvalue weighted by atomic mass is 10.1. The fourth-order valence-electron chi connectivity index (χ4n) is 3.17. The van der Waals surface area contributed by atoms with Crippen molar-refractivity contribution < 1.29 is 9.59 Å². The Morgan fingerprint density at radius 1 is 1.25 bits per heavy atom. The van der Waals surface area contributed by atoms with Gasteiger partial charge in [-0.3, -0.25) is 9.59 Å². The van der Waals surface area contributed by atoms with Crippen molar-refractivity contribution in [2.24, 2.45) is 5.92 Å². The van der Waals surface area contributed by atoms with Crippen LogP contribution in [-0.2, 0) is 16.0 Å². The number of fused-ring (bicyclic) bond motifs is 1. The number of likely N-dealkylation sites (tertiary alicyclic amines) is 1. The number of carbonyl (C=O) groups excluding carboxylic acids is 2. The summed E-state index contributed by atoms with van der Waals surface area (Å²) in [6.45, 7) is 1.32. The second-order valence-electron chi connectivity index (χ2n) is 5.75. The lowest BCUT2D eigenvalue weighted by molar-refractivity contribution is -0.127. The van der Waals surface area contributed by atoms with E-state index in [1.54, 1.807) is 11.9 Å². The minimum absolute atomic E-state index is 0.0754. The van der Waals surface area contributed by atoms with Gasteiger partial charge in [-0.1, -0.05) is 18.2 Å². The average Bonchev–Trinajstić information content (AvgIpc) is 2.68. The molecular weight excluding hydrogens is 252 g/mol. The number of rotatable bonds is 1. The molecule has 2 aliphatic rings. The standard InChI is InChI=1S/C16H20N2O2/c1-17-11-13(10-15(17)19)16(20)18-9-5-4-7-12-6-2-3-8-14(12)18/h2-3,6,8,13H,4-5,7,9-11H2,1H3/t13-/m0/s1. The van der Waals surface area contributed by atoms with Crippen LogP contribution in [0, 0.1) is 5.92 Å². The van der Waals surface area contributed by atoms with Gasteiger partial charge >= 0.3 is 0 Å². The van der Waals surface area contributed by atoms with Gasteiger partial charge in [-0.2, -0.15) is 0 Å². The molecule has 0 unspecified atom stereocenters. The maximum Gasteiger partial charge on any atom is 0.232 e. The zero-order valence-corrected chi connectivity index (χ0v) is 11.8. The molecule has 4 nitrogen and oxygen atoms in total. The molecule has 1 atom stereocenters. The van der Waals surface area contributed by atoms with E-state index < -0.39 is 0 Å². The van der Waals surface area contributed by atoms with E-state index in [1.165, 1.54) is 5.56 Å². The normalized spacial score (nSPS) is 22.6. The van der Waals surface area contributed by atoms with Crippen molar-refractivity contribution in [1.82, 2.24) is 4.90 Å². The first-order valence-corrected chi connectivity index (χ1v) is 7.30. The highest BCUT2D eigenvalue weighted by Crippen LogP contribution is 2.29. The fourth-order valence-corrected chi connectivity index (χ4v) is 3.17. The third kappa shape index (κ3) is 2.30. The first kappa shape index (κ1) is 13.2. The fraction of sp³-hybridized carbons (Fsp3) is 0.500. The third-order valence-corrected chi connectivity index (χ3v) is 4.32. The van der Waals surface area contributed by atoms with E-state index in [0.29, 0.717) is 13.0 Å². The molecule has 0 aromatic heterocycles. The van der Waals surface area contributed by atoms with Crippen molar-refractivity contribution in [2.75, 3.05) is 25.0 Å². The summed E-state index contributed by atoms with van der Waals surface area (Å²) in [7, 11) is 1.77. The highest BCUT2D eigenvalue weighted by atomic mass is 16.2. The second kappa shape index (κ2) is 5.27. The number of hydrogen-bond acceptors (Lipinski definition) is 2. The van der Waals surface area contributed by atoms with Crippen LogP contribution in [-0.4, -0.2) is 36.9 Å². The number of benzene rings is 1. The lowest BCUT2D eigenvalue weighted by Gasteiger charge is -2.25. The molecule has 3 rings (SSSR count). The van der Waals surface area contributed by atoms with Gasteiger partial charge in [-0.05, 0) is 30.9 Å². The first-order chi connectivity index (χ1) is 9.66. The molecule has 0 bridgehead atoms. The molecule has 1 saturated heterocycles. The van der Waals surface area contributed by atoms with Gasteiger partial charge in [0.05, 0.1) is 5.92 Å². The van der Waals surface area contributed by atoms with E-state index in [0.717, 1.165) is 31.5 Å². The van der Waals surface area contributed by atoms with Gasteiger partial charge in [-0.25, -0.2) is 0 Å². The molecule has 1 fully saturated rings. The van der Waals surface area contributed by atoms with Gasteiger partial charge in [0.15, 0.2) is 0 Å². The van der Waals surface area contributed by atoms with E-state index in [4.69, 9.17) is 0 Å². The third-order valence-electron chi connectivity index (χ3n) is 4.32. The van der Waals surface area contributed by atoms with Gasteiger partial charge in [0.1, 0.15) is 0 Å². The molecule has 0 aliphatic carbocycles. The molecule has 0 N–H and O–H groups in total. The van der Waals surface area contributed by atoms with Gasteiger partial charge < -0.3 is 9.80 Å². The summed E-state index contributed by atoms with van der Waals surface area (Å²) in [6.07, 6.45) is 3.53. The number of hydrogen-bond donors (Lipinski definition) is 0. The van der Waals surface area contributed by atoms with Crippen molar-refractivity contribution in [3.63, 3.8) is 0 Å². The molecule has 2 amide bonds. The number of carbonyl (C=O) groups is 2. The molecule has 0 saturated carbocycles. The largest absolute Gasteiger partial charge is 0.345 e. The molecule has 1 aromatic carbocycles. The summed E-state index contributed by atoms with van der Waals surface area (Å²) < 4.78 is 0. The Kier molecular flexibility index (Phi) is 3.47. The lowest BCUT2D eigenvalue weighted by Crippen LogP contribution is -2.37. The van der Waals surface area contributed by atoms with Crippen molar-refractivity contribution >= 4 is 17.5 Å². The van der Waals surface area contributed by atoms with E-state index in [-0.39, 0.29) is 17.7 Å². The van der Waals surface area contributed by atoms with Crippen LogP contribution in [0.25, 0.3) is 0 Å². The number of aryl methyl sites for hydroxylation is 1. The van der Waals surface area contributed by atoms with Gasteiger partial charge in [0.2, 0.25) is 11.8 Å². The molecular formula is C16H20N2O2. The molecule has 0 radical (unpaired) electrons. The Labute approximate surface area is 119 Å². The molecule has 20 heavy (non-hydrogen) atoms. The predicted molar refractivity (Wildman–Crippen MR) is 77.5 cm³/mol. The summed E-state index contributed by atoms with van der Waals surface area (Å²) in [5, 5.41) is 0. The van der Waals surface area contributed by atoms with Crippen LogP contribution in [0.1, 0.15) is 24.8 Å². The second-order valence-corrected chi connectivity index (χ2v) is 5.75. The van der Waals surface area contributed by atoms with E-state index in [9.17, 15) is 9.59 Å². The maximum absolute atomic E-state index is 12.8. The van der Waals surface area contributed by atoms with Crippen LogP contribution >= 0.6 is 0 Å². The Balaban J connectivity index is 1.86. The summed E-state index contributed by atoms with van der Waals surface area (Å²) in [5.74, 6) is 0.00200. The minimum atomic E-state index is -0.182.